The van der Waals surface area contributed by atoms with Crippen LogP contribution in [0.3, 0.4) is 0 Å². The number of rotatable bonds is 29. The molecule has 0 aliphatic carbocycles. The van der Waals surface area contributed by atoms with Crippen LogP contribution in [0.5, 0.6) is 0 Å². The van der Waals surface area contributed by atoms with Gasteiger partial charge in [-0.2, -0.15) is 6.42 Å². The first kappa shape index (κ1) is 40.0. The molecule has 9 nitrogen and oxygen atoms in total. The molecule has 0 aromatic heterocycles. The summed E-state index contributed by atoms with van der Waals surface area (Å²) < 4.78 is 33.7. The number of hydrogen-bond acceptors (Lipinski definition) is 7. The number of unbranched alkanes of at least 4 members (excludes halogenated alkanes) is 15. The fourth-order valence-corrected chi connectivity index (χ4v) is 4.92. The van der Waals surface area contributed by atoms with Gasteiger partial charge in [-0.1, -0.05) is 96.8 Å². The molecule has 0 aromatic carbocycles. The molecule has 244 valence electrons. The Balaban J connectivity index is 4.31. The van der Waals surface area contributed by atoms with Gasteiger partial charge in [0, 0.05) is 12.8 Å². The minimum absolute atomic E-state index is 0.0299. The molecule has 0 fully saturated rings. The van der Waals surface area contributed by atoms with E-state index in [1.165, 1.54) is 64.2 Å². The average molecular weight is 608 g/mol. The molecule has 0 radical (unpaired) electrons. The van der Waals surface area contributed by atoms with Crippen LogP contribution in [-0.2, 0) is 32.7 Å². The maximum absolute atomic E-state index is 12.3. The summed E-state index contributed by atoms with van der Waals surface area (Å²) in [7, 11) is 1.46. The number of phosphoric ester groups is 1. The summed E-state index contributed by atoms with van der Waals surface area (Å²) in [5.41, 5.74) is 0. The number of esters is 2. The smallest absolute Gasteiger partial charge is 0.462 e. The molecule has 10 heteroatoms. The van der Waals surface area contributed by atoms with Crippen molar-refractivity contribution in [2.45, 2.75) is 135 Å². The van der Waals surface area contributed by atoms with Gasteiger partial charge >= 0.3 is 19.8 Å². The predicted octanol–water partition coefficient (Wildman–Crippen LogP) is 7.55. The zero-order valence-corrected chi connectivity index (χ0v) is 27.6. The molecule has 0 spiro atoms. The lowest BCUT2D eigenvalue weighted by Crippen LogP contribution is -2.37. The Bertz CT molecular complexity index is 698. The number of likely N-dealkylation sites (N-methyl/N-ethyl adjacent to an activating group) is 1. The first-order valence-corrected chi connectivity index (χ1v) is 17.5. The van der Waals surface area contributed by atoms with Crippen LogP contribution in [0.25, 0.3) is 0 Å². The molecule has 0 aliphatic heterocycles. The molecule has 0 saturated heterocycles. The van der Waals surface area contributed by atoms with Gasteiger partial charge in [0.05, 0.1) is 27.7 Å². The SMILES string of the molecule is [CH2-]CCCCCC(=O)O[C@@H](COC(=O)CCCCCCCCCCCCCCC)COP(=O)(O)OCC[N+](C)(C)C. The average Bonchev–Trinajstić information content (AvgIpc) is 2.90. The van der Waals surface area contributed by atoms with E-state index in [9.17, 15) is 19.0 Å². The van der Waals surface area contributed by atoms with E-state index < -0.39 is 26.5 Å². The van der Waals surface area contributed by atoms with Crippen LogP contribution < -0.4 is 0 Å². The summed E-state index contributed by atoms with van der Waals surface area (Å²) in [6.07, 6.45) is 18.7. The Kier molecular flexibility index (Phi) is 24.9. The molecule has 0 aromatic rings. The lowest BCUT2D eigenvalue weighted by Gasteiger charge is -2.24. The second kappa shape index (κ2) is 25.5. The molecule has 41 heavy (non-hydrogen) atoms. The highest BCUT2D eigenvalue weighted by atomic mass is 31.2. The normalized spacial score (nSPS) is 14.0. The number of carbonyl (C=O) groups is 2. The number of nitrogens with zero attached hydrogens (tertiary/aromatic N) is 1. The van der Waals surface area contributed by atoms with E-state index in [2.05, 4.69) is 13.8 Å². The fourth-order valence-electron chi connectivity index (χ4n) is 4.17. The van der Waals surface area contributed by atoms with Crippen molar-refractivity contribution < 1.29 is 42.1 Å². The quantitative estimate of drug-likeness (QED) is 0.0305. The molecule has 1 N–H and O–H groups in total. The fraction of sp³-hybridized carbons (Fsp3) is 0.903. The standard InChI is InChI=1S/C31H62NO8P/c1-6-8-10-12-13-14-15-16-17-18-19-20-22-23-30(33)37-27-29(40-31(34)24-21-11-9-7-2)28-39-41(35,36)38-26-25-32(3,4)5/h29H,2,6-28H2,1,3-5H3,(H,35,36)/t29-/m0/s1. The molecule has 0 heterocycles. The maximum Gasteiger partial charge on any atom is 0.472 e. The van der Waals surface area contributed by atoms with Crippen molar-refractivity contribution in [2.24, 2.45) is 0 Å². The monoisotopic (exact) mass is 607 g/mol. The van der Waals surface area contributed by atoms with E-state index in [0.717, 1.165) is 38.5 Å². The third-order valence-electron chi connectivity index (χ3n) is 6.78. The van der Waals surface area contributed by atoms with Crippen LogP contribution in [-0.4, -0.2) is 74.9 Å². The van der Waals surface area contributed by atoms with Crippen LogP contribution in [0.15, 0.2) is 0 Å². The summed E-state index contributed by atoms with van der Waals surface area (Å²) in [6.45, 7) is 5.93. The molecule has 0 saturated carbocycles. The van der Waals surface area contributed by atoms with Crippen molar-refractivity contribution in [2.75, 3.05) is 47.5 Å². The maximum atomic E-state index is 12.3. The molecule has 1 unspecified atom stereocenters. The van der Waals surface area contributed by atoms with Gasteiger partial charge in [0.2, 0.25) is 0 Å². The van der Waals surface area contributed by atoms with E-state index in [1.54, 1.807) is 0 Å². The summed E-state index contributed by atoms with van der Waals surface area (Å²) in [4.78, 5) is 34.6. The van der Waals surface area contributed by atoms with Crippen LogP contribution >= 0.6 is 7.82 Å². The second-order valence-corrected chi connectivity index (χ2v) is 13.5. The van der Waals surface area contributed by atoms with Crippen molar-refractivity contribution in [3.8, 4) is 0 Å². The predicted molar refractivity (Wildman–Crippen MR) is 164 cm³/mol. The summed E-state index contributed by atoms with van der Waals surface area (Å²) in [5.74, 6) is -0.843. The number of quaternary nitrogens is 1. The van der Waals surface area contributed by atoms with E-state index in [-0.39, 0.29) is 32.0 Å². The van der Waals surface area contributed by atoms with Crippen LogP contribution in [0, 0.1) is 6.92 Å². The van der Waals surface area contributed by atoms with Crippen molar-refractivity contribution in [3.05, 3.63) is 6.92 Å². The summed E-state index contributed by atoms with van der Waals surface area (Å²) >= 11 is 0. The van der Waals surface area contributed by atoms with E-state index in [1.807, 2.05) is 21.1 Å². The zero-order chi connectivity index (χ0) is 30.8. The topological polar surface area (TPSA) is 108 Å². The highest BCUT2D eigenvalue weighted by molar-refractivity contribution is 7.47. The lowest BCUT2D eigenvalue weighted by molar-refractivity contribution is -0.870. The third kappa shape index (κ3) is 28.9. The molecule has 0 amide bonds. The third-order valence-corrected chi connectivity index (χ3v) is 7.77. The first-order valence-electron chi connectivity index (χ1n) is 16.1. The van der Waals surface area contributed by atoms with Crippen molar-refractivity contribution in [3.63, 3.8) is 0 Å². The van der Waals surface area contributed by atoms with Gasteiger partial charge in [-0.3, -0.25) is 18.6 Å². The minimum Gasteiger partial charge on any atom is -0.462 e. The van der Waals surface area contributed by atoms with Gasteiger partial charge < -0.3 is 25.8 Å². The van der Waals surface area contributed by atoms with Crippen molar-refractivity contribution >= 4 is 19.8 Å². The van der Waals surface area contributed by atoms with Gasteiger partial charge in [0.15, 0.2) is 6.10 Å². The molecular weight excluding hydrogens is 545 g/mol. The Morgan fingerprint density at radius 1 is 0.732 bits per heavy atom. The zero-order valence-electron chi connectivity index (χ0n) is 26.7. The summed E-state index contributed by atoms with van der Waals surface area (Å²) in [5, 5.41) is 0. The first-order chi connectivity index (χ1) is 19.5. The van der Waals surface area contributed by atoms with Gasteiger partial charge in [0.1, 0.15) is 19.8 Å². The number of carbonyl (C=O) groups excluding carboxylic acids is 2. The minimum atomic E-state index is -4.35. The lowest BCUT2D eigenvalue weighted by atomic mass is 10.0. The van der Waals surface area contributed by atoms with Gasteiger partial charge in [-0.15, -0.1) is 0 Å². The van der Waals surface area contributed by atoms with E-state index in [4.69, 9.17) is 18.5 Å². The number of hydrogen-bond donors (Lipinski definition) is 1. The Hall–Kier alpha value is -0.990. The van der Waals surface area contributed by atoms with Crippen LogP contribution in [0.2, 0.25) is 0 Å². The molecule has 0 aliphatic rings. The Morgan fingerprint density at radius 2 is 1.22 bits per heavy atom. The van der Waals surface area contributed by atoms with Crippen molar-refractivity contribution in [1.82, 2.24) is 0 Å². The molecule has 0 rings (SSSR count). The molecule has 0 bridgehead atoms. The number of ether oxygens (including phenoxy) is 2. The molecular formula is C31H62NO8P. The molecule has 2 atom stereocenters. The highest BCUT2D eigenvalue weighted by Crippen LogP contribution is 2.43. The number of phosphoric acid groups is 1. The van der Waals surface area contributed by atoms with Crippen LogP contribution in [0.4, 0.5) is 0 Å². The van der Waals surface area contributed by atoms with Gasteiger partial charge in [-0.25, -0.2) is 4.57 Å². The summed E-state index contributed by atoms with van der Waals surface area (Å²) in [6, 6.07) is 0. The second-order valence-electron chi connectivity index (χ2n) is 12.1. The van der Waals surface area contributed by atoms with E-state index >= 15 is 0 Å². The van der Waals surface area contributed by atoms with Crippen molar-refractivity contribution in [1.29, 1.82) is 0 Å². The van der Waals surface area contributed by atoms with E-state index in [0.29, 0.717) is 17.4 Å². The highest BCUT2D eigenvalue weighted by Gasteiger charge is 2.27. The Labute approximate surface area is 251 Å². The van der Waals surface area contributed by atoms with Crippen LogP contribution in [0.1, 0.15) is 129 Å². The van der Waals surface area contributed by atoms with Gasteiger partial charge in [-0.05, 0) is 12.8 Å². The largest absolute Gasteiger partial charge is 0.472 e. The van der Waals surface area contributed by atoms with Gasteiger partial charge in [0.25, 0.3) is 0 Å². The Morgan fingerprint density at radius 3 is 1.73 bits per heavy atom.